The van der Waals surface area contributed by atoms with E-state index in [1.807, 2.05) is 72.8 Å². The first kappa shape index (κ1) is 27.3. The van der Waals surface area contributed by atoms with Gasteiger partial charge in [0.25, 0.3) is 5.91 Å². The number of hydrazine groups is 1. The Morgan fingerprint density at radius 1 is 1.03 bits per heavy atom. The second kappa shape index (κ2) is 12.2. The van der Waals surface area contributed by atoms with E-state index in [4.69, 9.17) is 19.6 Å². The summed E-state index contributed by atoms with van der Waals surface area (Å²) in [6.07, 6.45) is 0.248. The molecule has 0 saturated carbocycles. The van der Waals surface area contributed by atoms with Crippen LogP contribution < -0.4 is 10.2 Å². The van der Waals surface area contributed by atoms with Crippen molar-refractivity contribution in [3.63, 3.8) is 0 Å². The quantitative estimate of drug-likeness (QED) is 0.242. The number of halogens is 2. The van der Waals surface area contributed by atoms with E-state index in [0.29, 0.717) is 31.1 Å². The first-order valence-corrected chi connectivity index (χ1v) is 13.5. The summed E-state index contributed by atoms with van der Waals surface area (Å²) in [6.45, 7) is 0.510. The largest absolute Gasteiger partial charge is 0.494 e. The molecule has 1 aliphatic heterocycles. The molecule has 0 fully saturated rings. The molecule has 194 valence electrons. The van der Waals surface area contributed by atoms with Gasteiger partial charge in [0.2, 0.25) is 5.90 Å². The predicted octanol–water partition coefficient (Wildman–Crippen LogP) is 5.07. The minimum absolute atomic E-state index is 0.0790. The number of aliphatic hydroxyl groups excluding tert-OH is 1. The summed E-state index contributed by atoms with van der Waals surface area (Å²) in [7, 11) is 3.55. The van der Waals surface area contributed by atoms with Crippen LogP contribution in [0.5, 0.6) is 5.75 Å². The zero-order valence-electron chi connectivity index (χ0n) is 20.7. The van der Waals surface area contributed by atoms with Gasteiger partial charge >= 0.3 is 0 Å². The summed E-state index contributed by atoms with van der Waals surface area (Å²) in [5, 5.41) is 10.6. The Balaban J connectivity index is 1.77. The van der Waals surface area contributed by atoms with Crippen LogP contribution in [0.2, 0.25) is 0 Å². The number of benzene rings is 3. The highest BCUT2D eigenvalue weighted by Gasteiger charge is 2.53. The van der Waals surface area contributed by atoms with Gasteiger partial charge in [0, 0.05) is 48.1 Å². The highest BCUT2D eigenvalue weighted by Crippen LogP contribution is 2.43. The number of aliphatic hydroxyl groups is 1. The van der Waals surface area contributed by atoms with Crippen molar-refractivity contribution >= 4 is 43.7 Å². The molecule has 1 heterocycles. The van der Waals surface area contributed by atoms with E-state index in [9.17, 15) is 4.79 Å². The van der Waals surface area contributed by atoms with E-state index in [2.05, 4.69) is 37.3 Å². The molecule has 2 atom stereocenters. The van der Waals surface area contributed by atoms with E-state index in [0.717, 1.165) is 25.6 Å². The lowest BCUT2D eigenvalue weighted by molar-refractivity contribution is -0.132. The summed E-state index contributed by atoms with van der Waals surface area (Å²) >= 11 is 6.99. The molecule has 1 aliphatic rings. The van der Waals surface area contributed by atoms with Gasteiger partial charge in [-0.05, 0) is 59.7 Å². The molecule has 37 heavy (non-hydrogen) atoms. The third-order valence-corrected chi connectivity index (χ3v) is 6.97. The average Bonchev–Trinajstić information content (AvgIpc) is 3.26. The fourth-order valence-electron chi connectivity index (χ4n) is 4.13. The number of nitrogens with one attached hydrogen (secondary N) is 1. The molecule has 1 amide bonds. The lowest BCUT2D eigenvalue weighted by Gasteiger charge is -2.32. The van der Waals surface area contributed by atoms with Crippen molar-refractivity contribution in [3.8, 4) is 5.75 Å². The number of amides is 1. The summed E-state index contributed by atoms with van der Waals surface area (Å²) in [6, 6.07) is 23.1. The SMILES string of the molecule is CN(C)NC(=O)[C@@]1(Cc2ccc(Br)cc2)N=C(c2ccc(OCCCO)cc2)O[C@H]1c1ccc(Br)cc1. The Kier molecular flexibility index (Phi) is 9.02. The molecule has 0 bridgehead atoms. The van der Waals surface area contributed by atoms with Gasteiger partial charge in [0.05, 0.1) is 6.61 Å². The Bertz CT molecular complexity index is 1230. The highest BCUT2D eigenvalue weighted by molar-refractivity contribution is 9.10. The van der Waals surface area contributed by atoms with Crippen molar-refractivity contribution in [3.05, 3.63) is 98.4 Å². The van der Waals surface area contributed by atoms with Crippen LogP contribution in [0.25, 0.3) is 0 Å². The molecular weight excluding hydrogens is 602 g/mol. The third kappa shape index (κ3) is 6.59. The predicted molar refractivity (Wildman–Crippen MR) is 151 cm³/mol. The van der Waals surface area contributed by atoms with Gasteiger partial charge in [-0.15, -0.1) is 0 Å². The van der Waals surface area contributed by atoms with Gasteiger partial charge in [-0.3, -0.25) is 10.2 Å². The third-order valence-electron chi connectivity index (χ3n) is 5.91. The lowest BCUT2D eigenvalue weighted by atomic mass is 9.82. The average molecular weight is 631 g/mol. The molecule has 3 aromatic carbocycles. The fourth-order valence-corrected chi connectivity index (χ4v) is 4.66. The molecule has 0 aromatic heterocycles. The smallest absolute Gasteiger partial charge is 0.266 e. The van der Waals surface area contributed by atoms with Crippen LogP contribution in [0.1, 0.15) is 29.2 Å². The van der Waals surface area contributed by atoms with E-state index in [1.54, 1.807) is 19.1 Å². The first-order valence-electron chi connectivity index (χ1n) is 11.9. The van der Waals surface area contributed by atoms with Gasteiger partial charge < -0.3 is 14.6 Å². The number of nitrogens with zero attached hydrogens (tertiary/aromatic N) is 2. The molecule has 0 saturated heterocycles. The molecule has 3 aromatic rings. The molecule has 2 N–H and O–H groups in total. The summed E-state index contributed by atoms with van der Waals surface area (Å²) in [5.41, 5.74) is 4.22. The second-order valence-electron chi connectivity index (χ2n) is 8.98. The van der Waals surface area contributed by atoms with Gasteiger partial charge in [-0.2, -0.15) is 0 Å². The number of hydrogen-bond acceptors (Lipinski definition) is 6. The van der Waals surface area contributed by atoms with E-state index in [-0.39, 0.29) is 12.5 Å². The molecule has 0 aliphatic carbocycles. The standard InChI is InChI=1S/C28H29Br2N3O4/c1-33(2)32-27(35)28(18-19-4-10-22(29)11-5-19)25(20-6-12-23(30)13-7-20)37-26(31-28)21-8-14-24(15-9-21)36-17-3-16-34/h4-15,25,34H,3,16-18H2,1-2H3,(H,32,35)/t25-,28-/m0/s1. The molecule has 0 spiro atoms. The lowest BCUT2D eigenvalue weighted by Crippen LogP contribution is -2.53. The maximum Gasteiger partial charge on any atom is 0.266 e. The van der Waals surface area contributed by atoms with Gasteiger partial charge in [0.15, 0.2) is 11.6 Å². The summed E-state index contributed by atoms with van der Waals surface area (Å²) in [5.74, 6) is 0.819. The summed E-state index contributed by atoms with van der Waals surface area (Å²) < 4.78 is 14.0. The second-order valence-corrected chi connectivity index (χ2v) is 10.8. The highest BCUT2D eigenvalue weighted by atomic mass is 79.9. The van der Waals surface area contributed by atoms with Crippen molar-refractivity contribution in [2.75, 3.05) is 27.3 Å². The normalized spacial score (nSPS) is 18.9. The van der Waals surface area contributed by atoms with Crippen molar-refractivity contribution in [1.29, 1.82) is 0 Å². The number of rotatable bonds is 10. The number of aliphatic imine (C=N–C) groups is 1. The van der Waals surface area contributed by atoms with E-state index in [1.165, 1.54) is 0 Å². The molecular formula is C28H29Br2N3O4. The monoisotopic (exact) mass is 629 g/mol. The maximum atomic E-state index is 13.9. The number of hydrogen-bond donors (Lipinski definition) is 2. The minimum atomic E-state index is -1.25. The van der Waals surface area contributed by atoms with Crippen molar-refractivity contribution < 1.29 is 19.4 Å². The Hall–Kier alpha value is -2.72. The van der Waals surface area contributed by atoms with Crippen LogP contribution in [0.4, 0.5) is 0 Å². The van der Waals surface area contributed by atoms with Gasteiger partial charge in [-0.1, -0.05) is 56.1 Å². The minimum Gasteiger partial charge on any atom is -0.494 e. The zero-order valence-corrected chi connectivity index (χ0v) is 23.8. The van der Waals surface area contributed by atoms with Crippen LogP contribution in [0.15, 0.2) is 86.7 Å². The van der Waals surface area contributed by atoms with Crippen LogP contribution in [-0.2, 0) is 16.0 Å². The fraction of sp³-hybridized carbons (Fsp3) is 0.286. The van der Waals surface area contributed by atoms with Crippen molar-refractivity contribution in [1.82, 2.24) is 10.4 Å². The van der Waals surface area contributed by atoms with Crippen LogP contribution in [0.3, 0.4) is 0 Å². The summed E-state index contributed by atoms with van der Waals surface area (Å²) in [4.78, 5) is 18.9. The molecule has 9 heteroatoms. The Morgan fingerprint density at radius 3 is 2.24 bits per heavy atom. The van der Waals surface area contributed by atoms with Crippen LogP contribution in [0, 0.1) is 0 Å². The molecule has 4 rings (SSSR count). The number of carbonyl (C=O) groups is 1. The molecule has 0 unspecified atom stereocenters. The van der Waals surface area contributed by atoms with E-state index < -0.39 is 11.6 Å². The van der Waals surface area contributed by atoms with Crippen LogP contribution in [-0.4, -0.2) is 54.8 Å². The van der Waals surface area contributed by atoms with Crippen molar-refractivity contribution in [2.45, 2.75) is 24.5 Å². The Labute approximate surface area is 233 Å². The maximum absolute atomic E-state index is 13.9. The van der Waals surface area contributed by atoms with Gasteiger partial charge in [0.1, 0.15) is 5.75 Å². The molecule has 0 radical (unpaired) electrons. The van der Waals surface area contributed by atoms with E-state index >= 15 is 0 Å². The number of carbonyl (C=O) groups excluding carboxylic acids is 1. The topological polar surface area (TPSA) is 83.4 Å². The van der Waals surface area contributed by atoms with Crippen molar-refractivity contribution in [2.24, 2.45) is 4.99 Å². The van der Waals surface area contributed by atoms with Gasteiger partial charge in [-0.25, -0.2) is 10.0 Å². The first-order chi connectivity index (χ1) is 17.8. The zero-order chi connectivity index (χ0) is 26.4. The Morgan fingerprint density at radius 2 is 1.65 bits per heavy atom. The number of ether oxygens (including phenoxy) is 2. The van der Waals surface area contributed by atoms with Crippen LogP contribution >= 0.6 is 31.9 Å². The molecule has 7 nitrogen and oxygen atoms in total.